The molecule has 2 atom stereocenters. The second-order valence-electron chi connectivity index (χ2n) is 5.57. The zero-order valence-corrected chi connectivity index (χ0v) is 13.6. The summed E-state index contributed by atoms with van der Waals surface area (Å²) in [5, 5.41) is 14.5. The predicted molar refractivity (Wildman–Crippen MR) is 95.0 cm³/mol. The zero-order chi connectivity index (χ0) is 17.1. The maximum atomic E-state index is 10.5. The highest BCUT2D eigenvalue weighted by Gasteiger charge is 2.19. The molecule has 0 spiro atoms. The molecule has 0 aliphatic heterocycles. The summed E-state index contributed by atoms with van der Waals surface area (Å²) in [5.74, 6) is 1.36. The first-order valence-electron chi connectivity index (χ1n) is 7.70. The van der Waals surface area contributed by atoms with E-state index in [-0.39, 0.29) is 12.0 Å². The Kier molecular flexibility index (Phi) is 4.48. The normalized spacial score (nSPS) is 13.5. The van der Waals surface area contributed by atoms with Crippen LogP contribution in [0, 0.1) is 0 Å². The van der Waals surface area contributed by atoms with Crippen LogP contribution >= 0.6 is 0 Å². The summed E-state index contributed by atoms with van der Waals surface area (Å²) >= 11 is 0. The second-order valence-corrected chi connectivity index (χ2v) is 5.57. The largest absolute Gasteiger partial charge is 0.496 e. The molecule has 6 heteroatoms. The molecule has 24 heavy (non-hydrogen) atoms. The van der Waals surface area contributed by atoms with Crippen molar-refractivity contribution in [3.05, 3.63) is 54.1 Å². The number of hydrogen-bond donors (Lipinski definition) is 3. The van der Waals surface area contributed by atoms with Crippen LogP contribution in [0.1, 0.15) is 18.6 Å². The van der Waals surface area contributed by atoms with Crippen molar-refractivity contribution in [2.24, 2.45) is 0 Å². The first-order chi connectivity index (χ1) is 11.6. The van der Waals surface area contributed by atoms with Crippen molar-refractivity contribution in [2.75, 3.05) is 18.2 Å². The molecule has 0 aliphatic rings. The van der Waals surface area contributed by atoms with Crippen LogP contribution in [0.3, 0.4) is 0 Å². The van der Waals surface area contributed by atoms with Gasteiger partial charge in [0.1, 0.15) is 11.6 Å². The predicted octanol–water partition coefficient (Wildman–Crippen LogP) is 2.75. The third-order valence-electron chi connectivity index (χ3n) is 3.90. The van der Waals surface area contributed by atoms with Gasteiger partial charge in [0.15, 0.2) is 0 Å². The van der Waals surface area contributed by atoms with Gasteiger partial charge >= 0.3 is 0 Å². The van der Waals surface area contributed by atoms with E-state index >= 15 is 0 Å². The Morgan fingerprint density at radius 3 is 2.54 bits per heavy atom. The molecular weight excluding hydrogens is 304 g/mol. The molecule has 1 aromatic heterocycles. The molecule has 1 heterocycles. The van der Waals surface area contributed by atoms with Crippen LogP contribution in [0.5, 0.6) is 5.75 Å². The zero-order valence-electron chi connectivity index (χ0n) is 13.6. The molecule has 0 amide bonds. The van der Waals surface area contributed by atoms with Crippen molar-refractivity contribution < 1.29 is 9.84 Å². The van der Waals surface area contributed by atoms with Gasteiger partial charge in [0.05, 0.1) is 30.2 Å². The van der Waals surface area contributed by atoms with Gasteiger partial charge < -0.3 is 20.9 Å². The maximum Gasteiger partial charge on any atom is 0.222 e. The van der Waals surface area contributed by atoms with E-state index in [1.807, 2.05) is 55.5 Å². The van der Waals surface area contributed by atoms with Crippen molar-refractivity contribution in [1.82, 2.24) is 9.97 Å². The number of fused-ring (bicyclic) bond motifs is 1. The minimum absolute atomic E-state index is 0.166. The number of nitrogens with two attached hydrogens (primary N) is 1. The summed E-state index contributed by atoms with van der Waals surface area (Å²) in [6, 6.07) is 14.7. The van der Waals surface area contributed by atoms with E-state index in [1.54, 1.807) is 7.11 Å². The fourth-order valence-electron chi connectivity index (χ4n) is 2.68. The molecule has 0 radical (unpaired) electrons. The number of nitrogens with zero attached hydrogens (tertiary/aromatic N) is 2. The Labute approximate surface area is 140 Å². The number of aliphatic hydroxyl groups excluding tert-OH is 1. The van der Waals surface area contributed by atoms with Crippen LogP contribution in [0.25, 0.3) is 10.9 Å². The molecule has 6 nitrogen and oxygen atoms in total. The number of aromatic nitrogens is 2. The first-order valence-corrected chi connectivity index (χ1v) is 7.70. The third-order valence-corrected chi connectivity index (χ3v) is 3.90. The van der Waals surface area contributed by atoms with Crippen LogP contribution in [0.2, 0.25) is 0 Å². The Morgan fingerprint density at radius 1 is 1.08 bits per heavy atom. The Hall–Kier alpha value is -2.86. The molecular formula is C18H20N4O2. The summed E-state index contributed by atoms with van der Waals surface area (Å²) in [4.78, 5) is 8.53. The van der Waals surface area contributed by atoms with Crippen molar-refractivity contribution in [1.29, 1.82) is 0 Å². The quantitative estimate of drug-likeness (QED) is 0.668. The number of methoxy groups -OCH3 is 1. The van der Waals surface area contributed by atoms with Crippen LogP contribution in [-0.2, 0) is 0 Å². The minimum atomic E-state index is -0.688. The third kappa shape index (κ3) is 3.09. The van der Waals surface area contributed by atoms with E-state index in [0.717, 1.165) is 10.9 Å². The summed E-state index contributed by atoms with van der Waals surface area (Å²) in [6.07, 6.45) is -0.688. The smallest absolute Gasteiger partial charge is 0.222 e. The SMILES string of the molecule is COc1cccc2nc(N)nc(NC(C)C(O)c3ccccc3)c12. The number of nitrogen functional groups attached to an aromatic ring is 1. The maximum absolute atomic E-state index is 10.5. The molecule has 4 N–H and O–H groups in total. The Bertz CT molecular complexity index is 839. The summed E-state index contributed by atoms with van der Waals surface area (Å²) in [7, 11) is 1.59. The van der Waals surface area contributed by atoms with Gasteiger partial charge in [-0.15, -0.1) is 0 Å². The van der Waals surface area contributed by atoms with Gasteiger partial charge in [-0.05, 0) is 24.6 Å². The van der Waals surface area contributed by atoms with Crippen molar-refractivity contribution in [3.63, 3.8) is 0 Å². The number of nitrogens with one attached hydrogen (secondary N) is 1. The fraction of sp³-hybridized carbons (Fsp3) is 0.222. The monoisotopic (exact) mass is 324 g/mol. The molecule has 2 aromatic carbocycles. The lowest BCUT2D eigenvalue weighted by Crippen LogP contribution is -2.25. The van der Waals surface area contributed by atoms with Crippen molar-refractivity contribution in [3.8, 4) is 5.75 Å². The van der Waals surface area contributed by atoms with E-state index in [0.29, 0.717) is 17.1 Å². The lowest BCUT2D eigenvalue weighted by Gasteiger charge is -2.22. The lowest BCUT2D eigenvalue weighted by molar-refractivity contribution is 0.160. The molecule has 2 unspecified atom stereocenters. The molecule has 0 aliphatic carbocycles. The standard InChI is InChI=1S/C18H20N4O2/c1-11(16(23)12-7-4-3-5-8-12)20-17-15-13(21-18(19)22-17)9-6-10-14(15)24-2/h3-11,16,23H,1-2H3,(H3,19,20,21,22). The highest BCUT2D eigenvalue weighted by atomic mass is 16.5. The number of ether oxygens (including phenoxy) is 1. The van der Waals surface area contributed by atoms with E-state index in [1.165, 1.54) is 0 Å². The van der Waals surface area contributed by atoms with Gasteiger partial charge in [0, 0.05) is 0 Å². The van der Waals surface area contributed by atoms with Crippen molar-refractivity contribution in [2.45, 2.75) is 19.1 Å². The molecule has 124 valence electrons. The highest BCUT2D eigenvalue weighted by Crippen LogP contribution is 2.32. The number of aliphatic hydroxyl groups is 1. The van der Waals surface area contributed by atoms with Gasteiger partial charge in [0.25, 0.3) is 0 Å². The Morgan fingerprint density at radius 2 is 1.83 bits per heavy atom. The highest BCUT2D eigenvalue weighted by molar-refractivity contribution is 5.95. The summed E-state index contributed by atoms with van der Waals surface area (Å²) in [5.41, 5.74) is 7.33. The molecule has 3 rings (SSSR count). The van der Waals surface area contributed by atoms with E-state index in [2.05, 4.69) is 15.3 Å². The van der Waals surface area contributed by atoms with Gasteiger partial charge in [0.2, 0.25) is 5.95 Å². The van der Waals surface area contributed by atoms with E-state index in [4.69, 9.17) is 10.5 Å². The molecule has 3 aromatic rings. The number of benzene rings is 2. The summed E-state index contributed by atoms with van der Waals surface area (Å²) < 4.78 is 5.41. The Balaban J connectivity index is 1.97. The second kappa shape index (κ2) is 6.72. The van der Waals surface area contributed by atoms with Crippen LogP contribution in [0.4, 0.5) is 11.8 Å². The minimum Gasteiger partial charge on any atom is -0.496 e. The average Bonchev–Trinajstić information content (AvgIpc) is 2.60. The first kappa shape index (κ1) is 16.0. The lowest BCUT2D eigenvalue weighted by atomic mass is 10.0. The molecule has 0 fully saturated rings. The van der Waals surface area contributed by atoms with Gasteiger partial charge in [-0.3, -0.25) is 0 Å². The number of anilines is 2. The van der Waals surface area contributed by atoms with Crippen LogP contribution in [-0.4, -0.2) is 28.2 Å². The van der Waals surface area contributed by atoms with Gasteiger partial charge in [-0.1, -0.05) is 36.4 Å². The topological polar surface area (TPSA) is 93.3 Å². The number of hydrogen-bond acceptors (Lipinski definition) is 6. The van der Waals surface area contributed by atoms with Gasteiger partial charge in [-0.2, -0.15) is 4.98 Å². The van der Waals surface area contributed by atoms with E-state index in [9.17, 15) is 5.11 Å². The average molecular weight is 324 g/mol. The van der Waals surface area contributed by atoms with Crippen LogP contribution < -0.4 is 15.8 Å². The van der Waals surface area contributed by atoms with E-state index < -0.39 is 6.10 Å². The molecule has 0 saturated carbocycles. The molecule has 0 bridgehead atoms. The van der Waals surface area contributed by atoms with Gasteiger partial charge in [-0.25, -0.2) is 4.98 Å². The number of rotatable bonds is 5. The molecule has 0 saturated heterocycles. The fourth-order valence-corrected chi connectivity index (χ4v) is 2.68. The summed E-state index contributed by atoms with van der Waals surface area (Å²) in [6.45, 7) is 1.89. The van der Waals surface area contributed by atoms with Crippen molar-refractivity contribution >= 4 is 22.7 Å². The van der Waals surface area contributed by atoms with Crippen LogP contribution in [0.15, 0.2) is 48.5 Å².